The largest absolute Gasteiger partial charge is 0.376 e. The second-order valence-electron chi connectivity index (χ2n) is 6.25. The normalized spacial score (nSPS) is 16.5. The molecule has 1 aliphatic rings. The Bertz CT molecular complexity index is 814. The lowest BCUT2D eigenvalue weighted by Crippen LogP contribution is -2.32. The van der Waals surface area contributed by atoms with E-state index in [9.17, 15) is 4.79 Å². The highest BCUT2D eigenvalue weighted by molar-refractivity contribution is 5.93. The zero-order valence-corrected chi connectivity index (χ0v) is 14.3. The standard InChI is InChI=1S/C20H20N4O2/c25-20(22-14-17-9-5-11-26-17)18-12-19(15-6-4-10-21-13-15)24(23-18)16-7-2-1-3-8-16/h1-4,6-8,10,12-13,17H,5,9,11,14H2,(H,22,25). The molecule has 4 rings (SSSR count). The van der Waals surface area contributed by atoms with Crippen molar-refractivity contribution in [2.45, 2.75) is 18.9 Å². The van der Waals surface area contributed by atoms with Crippen LogP contribution in [0.2, 0.25) is 0 Å². The Morgan fingerprint density at radius 2 is 2.12 bits per heavy atom. The molecule has 132 valence electrons. The molecule has 1 aliphatic heterocycles. The SMILES string of the molecule is O=C(NCC1CCCO1)c1cc(-c2cccnc2)n(-c2ccccc2)n1. The highest BCUT2D eigenvalue weighted by atomic mass is 16.5. The van der Waals surface area contributed by atoms with Crippen molar-refractivity contribution in [2.24, 2.45) is 0 Å². The highest BCUT2D eigenvalue weighted by Crippen LogP contribution is 2.23. The molecule has 2 aromatic heterocycles. The molecule has 6 heteroatoms. The maximum atomic E-state index is 12.6. The van der Waals surface area contributed by atoms with Gasteiger partial charge in [-0.1, -0.05) is 18.2 Å². The summed E-state index contributed by atoms with van der Waals surface area (Å²) in [6, 6.07) is 15.4. The van der Waals surface area contributed by atoms with Crippen molar-refractivity contribution >= 4 is 5.91 Å². The second kappa shape index (κ2) is 7.49. The van der Waals surface area contributed by atoms with Crippen LogP contribution in [0.5, 0.6) is 0 Å². The van der Waals surface area contributed by atoms with Gasteiger partial charge in [-0.15, -0.1) is 0 Å². The first-order valence-electron chi connectivity index (χ1n) is 8.77. The van der Waals surface area contributed by atoms with Crippen LogP contribution >= 0.6 is 0 Å². The summed E-state index contributed by atoms with van der Waals surface area (Å²) in [4.78, 5) is 16.8. The third-order valence-electron chi connectivity index (χ3n) is 4.41. The summed E-state index contributed by atoms with van der Waals surface area (Å²) in [5.74, 6) is -0.194. The maximum Gasteiger partial charge on any atom is 0.271 e. The van der Waals surface area contributed by atoms with E-state index in [4.69, 9.17) is 4.74 Å². The fourth-order valence-corrected chi connectivity index (χ4v) is 3.08. The van der Waals surface area contributed by atoms with Gasteiger partial charge in [-0.05, 0) is 43.2 Å². The molecule has 1 saturated heterocycles. The van der Waals surface area contributed by atoms with E-state index in [0.29, 0.717) is 12.2 Å². The van der Waals surface area contributed by atoms with Gasteiger partial charge in [-0.3, -0.25) is 9.78 Å². The number of benzene rings is 1. The van der Waals surface area contributed by atoms with Crippen molar-refractivity contribution in [1.82, 2.24) is 20.1 Å². The van der Waals surface area contributed by atoms with Crippen LogP contribution in [0.3, 0.4) is 0 Å². The molecule has 1 N–H and O–H groups in total. The van der Waals surface area contributed by atoms with Crippen LogP contribution in [-0.4, -0.2) is 39.9 Å². The summed E-state index contributed by atoms with van der Waals surface area (Å²) in [5, 5.41) is 7.47. The average molecular weight is 348 g/mol. The average Bonchev–Trinajstić information content (AvgIpc) is 3.37. The first kappa shape index (κ1) is 16.5. The number of amides is 1. The third kappa shape index (κ3) is 3.50. The predicted octanol–water partition coefficient (Wildman–Crippen LogP) is 2.84. The van der Waals surface area contributed by atoms with E-state index in [1.165, 1.54) is 0 Å². The molecule has 0 saturated carbocycles. The molecule has 1 unspecified atom stereocenters. The number of aromatic nitrogens is 3. The van der Waals surface area contributed by atoms with Crippen molar-refractivity contribution in [3.05, 3.63) is 66.6 Å². The topological polar surface area (TPSA) is 69.0 Å². The van der Waals surface area contributed by atoms with Gasteiger partial charge >= 0.3 is 0 Å². The number of hydrogen-bond donors (Lipinski definition) is 1. The number of carbonyl (C=O) groups excluding carboxylic acids is 1. The molecule has 0 bridgehead atoms. The number of nitrogens with one attached hydrogen (secondary N) is 1. The molecule has 3 heterocycles. The van der Waals surface area contributed by atoms with E-state index in [0.717, 1.165) is 36.4 Å². The Morgan fingerprint density at radius 3 is 2.85 bits per heavy atom. The number of nitrogens with zero attached hydrogens (tertiary/aromatic N) is 3. The first-order valence-corrected chi connectivity index (χ1v) is 8.77. The summed E-state index contributed by atoms with van der Waals surface area (Å²) >= 11 is 0. The van der Waals surface area contributed by atoms with Gasteiger partial charge in [0.1, 0.15) is 0 Å². The summed E-state index contributed by atoms with van der Waals surface area (Å²) in [7, 11) is 0. The monoisotopic (exact) mass is 348 g/mol. The van der Waals surface area contributed by atoms with Gasteiger partial charge in [-0.25, -0.2) is 4.68 Å². The predicted molar refractivity (Wildman–Crippen MR) is 98.1 cm³/mol. The summed E-state index contributed by atoms with van der Waals surface area (Å²) in [5.41, 5.74) is 3.00. The molecule has 1 atom stereocenters. The Kier molecular flexibility index (Phi) is 4.75. The van der Waals surface area contributed by atoms with Gasteiger partial charge in [0.15, 0.2) is 5.69 Å². The van der Waals surface area contributed by atoms with E-state index in [-0.39, 0.29) is 12.0 Å². The van der Waals surface area contributed by atoms with Crippen molar-refractivity contribution in [1.29, 1.82) is 0 Å². The quantitative estimate of drug-likeness (QED) is 0.770. The summed E-state index contributed by atoms with van der Waals surface area (Å²) < 4.78 is 7.33. The number of para-hydroxylation sites is 1. The molecule has 6 nitrogen and oxygen atoms in total. The molecule has 0 spiro atoms. The van der Waals surface area contributed by atoms with Gasteiger partial charge in [0, 0.05) is 31.1 Å². The zero-order chi connectivity index (χ0) is 17.8. The summed E-state index contributed by atoms with van der Waals surface area (Å²) in [6.45, 7) is 1.29. The van der Waals surface area contributed by atoms with Crippen LogP contribution in [-0.2, 0) is 4.74 Å². The number of pyridine rings is 1. The van der Waals surface area contributed by atoms with Gasteiger partial charge in [0.25, 0.3) is 5.91 Å². The molecule has 1 amide bonds. The maximum absolute atomic E-state index is 12.6. The van der Waals surface area contributed by atoms with Crippen LogP contribution in [0.15, 0.2) is 60.9 Å². The molecule has 1 aromatic carbocycles. The van der Waals surface area contributed by atoms with Crippen molar-refractivity contribution in [3.63, 3.8) is 0 Å². The van der Waals surface area contributed by atoms with Gasteiger partial charge in [0.05, 0.1) is 17.5 Å². The molecular formula is C20H20N4O2. The van der Waals surface area contributed by atoms with Gasteiger partial charge in [0.2, 0.25) is 0 Å². The molecule has 3 aromatic rings. The highest BCUT2D eigenvalue weighted by Gasteiger charge is 2.20. The van der Waals surface area contributed by atoms with Crippen molar-refractivity contribution in [2.75, 3.05) is 13.2 Å². The third-order valence-corrected chi connectivity index (χ3v) is 4.41. The van der Waals surface area contributed by atoms with Crippen LogP contribution in [0.25, 0.3) is 16.9 Å². The minimum Gasteiger partial charge on any atom is -0.376 e. The van der Waals surface area contributed by atoms with Crippen LogP contribution in [0, 0.1) is 0 Å². The first-order chi connectivity index (χ1) is 12.8. The number of ether oxygens (including phenoxy) is 1. The van der Waals surface area contributed by atoms with E-state index in [1.807, 2.05) is 42.5 Å². The van der Waals surface area contributed by atoms with Crippen LogP contribution in [0.4, 0.5) is 0 Å². The summed E-state index contributed by atoms with van der Waals surface area (Å²) in [6.07, 6.45) is 5.63. The molecule has 26 heavy (non-hydrogen) atoms. The fraction of sp³-hybridized carbons (Fsp3) is 0.250. The van der Waals surface area contributed by atoms with Gasteiger partial charge < -0.3 is 10.1 Å². The molecular weight excluding hydrogens is 328 g/mol. The van der Waals surface area contributed by atoms with Gasteiger partial charge in [-0.2, -0.15) is 5.10 Å². The minimum absolute atomic E-state index is 0.105. The van der Waals surface area contributed by atoms with Crippen LogP contribution < -0.4 is 5.32 Å². The lowest BCUT2D eigenvalue weighted by molar-refractivity contribution is 0.0853. The second-order valence-corrected chi connectivity index (χ2v) is 6.25. The lowest BCUT2D eigenvalue weighted by atomic mass is 10.2. The van der Waals surface area contributed by atoms with E-state index in [2.05, 4.69) is 15.4 Å². The Morgan fingerprint density at radius 1 is 1.23 bits per heavy atom. The fourth-order valence-electron chi connectivity index (χ4n) is 3.08. The smallest absolute Gasteiger partial charge is 0.271 e. The number of carbonyl (C=O) groups is 1. The Hall–Kier alpha value is -2.99. The Labute approximate surface area is 151 Å². The number of hydrogen-bond acceptors (Lipinski definition) is 4. The Balaban J connectivity index is 1.63. The zero-order valence-electron chi connectivity index (χ0n) is 14.3. The van der Waals surface area contributed by atoms with E-state index < -0.39 is 0 Å². The number of rotatable bonds is 5. The van der Waals surface area contributed by atoms with Crippen LogP contribution in [0.1, 0.15) is 23.3 Å². The van der Waals surface area contributed by atoms with Crippen molar-refractivity contribution in [3.8, 4) is 16.9 Å². The lowest BCUT2D eigenvalue weighted by Gasteiger charge is -2.09. The van der Waals surface area contributed by atoms with Crippen molar-refractivity contribution < 1.29 is 9.53 Å². The minimum atomic E-state index is -0.194. The molecule has 0 aliphatic carbocycles. The van der Waals surface area contributed by atoms with E-state index >= 15 is 0 Å². The van der Waals surface area contributed by atoms with E-state index in [1.54, 1.807) is 23.1 Å². The molecule has 0 radical (unpaired) electrons. The molecule has 1 fully saturated rings.